The monoisotopic (exact) mass is 448 g/mol. The van der Waals surface area contributed by atoms with E-state index in [1.807, 2.05) is 65.6 Å². The lowest BCUT2D eigenvalue weighted by Crippen LogP contribution is -2.25. The van der Waals surface area contributed by atoms with E-state index in [0.717, 1.165) is 39.8 Å². The summed E-state index contributed by atoms with van der Waals surface area (Å²) in [6.45, 7) is 2.83. The molecule has 3 aromatic carbocycles. The number of fused-ring (bicyclic) bond motifs is 1. The van der Waals surface area contributed by atoms with Crippen LogP contribution < -0.4 is 10.2 Å². The van der Waals surface area contributed by atoms with Crippen LogP contribution in [0.25, 0.3) is 11.1 Å². The van der Waals surface area contributed by atoms with Crippen molar-refractivity contribution >= 4 is 33.4 Å². The van der Waals surface area contributed by atoms with Gasteiger partial charge in [0.2, 0.25) is 5.91 Å². The third-order valence-electron chi connectivity index (χ3n) is 5.18. The van der Waals surface area contributed by atoms with Crippen molar-refractivity contribution in [1.29, 1.82) is 0 Å². The molecule has 0 radical (unpaired) electrons. The Hall–Kier alpha value is -2.92. The maximum atomic E-state index is 12.4. The van der Waals surface area contributed by atoms with E-state index in [-0.39, 0.29) is 11.8 Å². The highest BCUT2D eigenvalue weighted by atomic mass is 79.9. The lowest BCUT2D eigenvalue weighted by atomic mass is 10.0. The summed E-state index contributed by atoms with van der Waals surface area (Å²) < 4.78 is 0.995. The van der Waals surface area contributed by atoms with Gasteiger partial charge in [-0.25, -0.2) is 0 Å². The first-order valence-electron chi connectivity index (χ1n) is 9.55. The highest BCUT2D eigenvalue weighted by Crippen LogP contribution is 2.32. The van der Waals surface area contributed by atoms with Crippen molar-refractivity contribution in [3.63, 3.8) is 0 Å². The minimum Gasteiger partial charge on any atom is -0.348 e. The second-order valence-corrected chi connectivity index (χ2v) is 8.07. The fourth-order valence-electron chi connectivity index (χ4n) is 3.65. The number of hydrogen-bond acceptors (Lipinski definition) is 2. The Kier molecular flexibility index (Phi) is 5.49. The molecule has 0 fully saturated rings. The summed E-state index contributed by atoms with van der Waals surface area (Å²) in [5, 5.41) is 2.95. The van der Waals surface area contributed by atoms with Gasteiger partial charge in [0.15, 0.2) is 0 Å². The summed E-state index contributed by atoms with van der Waals surface area (Å²) in [5.74, 6) is -0.0164. The smallest absolute Gasteiger partial charge is 0.251 e. The van der Waals surface area contributed by atoms with Crippen molar-refractivity contribution < 1.29 is 9.59 Å². The molecule has 1 N–H and O–H groups in total. The standard InChI is InChI=1S/C24H21BrN2O2/c1-16(28)27-12-11-21-14-20(9-10-23(21)27)18-5-7-19(8-6-18)24(29)26-15-17-3-2-4-22(25)13-17/h2-10,13-14H,11-12,15H2,1H3,(H,26,29). The lowest BCUT2D eigenvalue weighted by Gasteiger charge is -2.15. The molecule has 0 spiro atoms. The summed E-state index contributed by atoms with van der Waals surface area (Å²) in [6.07, 6.45) is 0.874. The highest BCUT2D eigenvalue weighted by molar-refractivity contribution is 9.10. The Morgan fingerprint density at radius 2 is 1.76 bits per heavy atom. The second-order valence-electron chi connectivity index (χ2n) is 7.15. The molecule has 0 aromatic heterocycles. The fraction of sp³-hybridized carbons (Fsp3) is 0.167. The van der Waals surface area contributed by atoms with Crippen molar-refractivity contribution in [2.75, 3.05) is 11.4 Å². The van der Waals surface area contributed by atoms with Crippen molar-refractivity contribution in [2.24, 2.45) is 0 Å². The van der Waals surface area contributed by atoms with Crippen molar-refractivity contribution in [1.82, 2.24) is 5.32 Å². The topological polar surface area (TPSA) is 49.4 Å². The molecule has 0 atom stereocenters. The molecule has 4 nitrogen and oxygen atoms in total. The van der Waals surface area contributed by atoms with Gasteiger partial charge in [-0.2, -0.15) is 0 Å². The molecule has 1 aliphatic rings. The molecule has 3 aromatic rings. The number of anilines is 1. The van der Waals surface area contributed by atoms with Gasteiger partial charge in [-0.1, -0.05) is 46.3 Å². The van der Waals surface area contributed by atoms with Gasteiger partial charge >= 0.3 is 0 Å². The molecular formula is C24H21BrN2O2. The molecule has 0 bridgehead atoms. The number of carbonyl (C=O) groups excluding carboxylic acids is 2. The van der Waals surface area contributed by atoms with Crippen LogP contribution >= 0.6 is 15.9 Å². The fourth-order valence-corrected chi connectivity index (χ4v) is 4.10. The number of rotatable bonds is 4. The number of nitrogens with zero attached hydrogens (tertiary/aromatic N) is 1. The van der Waals surface area contributed by atoms with Gasteiger partial charge in [0.25, 0.3) is 5.91 Å². The third kappa shape index (κ3) is 4.25. The van der Waals surface area contributed by atoms with Gasteiger partial charge < -0.3 is 10.2 Å². The lowest BCUT2D eigenvalue weighted by molar-refractivity contribution is -0.116. The molecule has 1 aliphatic heterocycles. The Labute approximate surface area is 178 Å². The van der Waals surface area contributed by atoms with Gasteiger partial charge in [-0.05, 0) is 65.1 Å². The third-order valence-corrected chi connectivity index (χ3v) is 5.67. The number of carbonyl (C=O) groups is 2. The van der Waals surface area contributed by atoms with Gasteiger partial charge in [-0.3, -0.25) is 9.59 Å². The molecule has 29 heavy (non-hydrogen) atoms. The SMILES string of the molecule is CC(=O)N1CCc2cc(-c3ccc(C(=O)NCc4cccc(Br)c4)cc3)ccc21. The van der Waals surface area contributed by atoms with Crippen molar-refractivity contribution in [3.8, 4) is 11.1 Å². The minimum atomic E-state index is -0.0948. The van der Waals surface area contributed by atoms with Gasteiger partial charge in [0.1, 0.15) is 0 Å². The van der Waals surface area contributed by atoms with E-state index in [9.17, 15) is 9.59 Å². The normalized spacial score (nSPS) is 12.6. The molecule has 0 saturated heterocycles. The average Bonchev–Trinajstić information content (AvgIpc) is 3.16. The Morgan fingerprint density at radius 3 is 2.48 bits per heavy atom. The van der Waals surface area contributed by atoms with E-state index >= 15 is 0 Å². The molecular weight excluding hydrogens is 428 g/mol. The molecule has 146 valence electrons. The predicted molar refractivity (Wildman–Crippen MR) is 119 cm³/mol. The predicted octanol–water partition coefficient (Wildman–Crippen LogP) is 4.96. The first kappa shape index (κ1) is 19.4. The first-order chi connectivity index (χ1) is 14.0. The van der Waals surface area contributed by atoms with Crippen LogP contribution in [0.4, 0.5) is 5.69 Å². The molecule has 2 amide bonds. The van der Waals surface area contributed by atoms with Crippen molar-refractivity contribution in [3.05, 3.63) is 87.9 Å². The van der Waals surface area contributed by atoms with Crippen LogP contribution in [-0.4, -0.2) is 18.4 Å². The molecule has 0 saturated carbocycles. The van der Waals surface area contributed by atoms with Crippen LogP contribution in [0.5, 0.6) is 0 Å². The number of benzene rings is 3. The van der Waals surface area contributed by atoms with Gasteiger partial charge in [0, 0.05) is 35.7 Å². The number of nitrogens with one attached hydrogen (secondary N) is 1. The Bertz CT molecular complexity index is 1080. The van der Waals surface area contributed by atoms with Crippen LogP contribution in [0.3, 0.4) is 0 Å². The number of halogens is 1. The van der Waals surface area contributed by atoms with Crippen molar-refractivity contribution in [2.45, 2.75) is 19.9 Å². The summed E-state index contributed by atoms with van der Waals surface area (Å²) in [5.41, 5.74) is 6.01. The average molecular weight is 449 g/mol. The van der Waals surface area contributed by atoms with E-state index < -0.39 is 0 Å². The number of amides is 2. The second kappa shape index (κ2) is 8.21. The van der Waals surface area contributed by atoms with Crippen LogP contribution in [0.15, 0.2) is 71.2 Å². The summed E-state index contributed by atoms with van der Waals surface area (Å²) in [7, 11) is 0. The Morgan fingerprint density at radius 1 is 1.00 bits per heavy atom. The van der Waals surface area contributed by atoms with Crippen LogP contribution in [0, 0.1) is 0 Å². The largest absolute Gasteiger partial charge is 0.348 e. The maximum Gasteiger partial charge on any atom is 0.251 e. The zero-order valence-electron chi connectivity index (χ0n) is 16.1. The van der Waals surface area contributed by atoms with E-state index in [4.69, 9.17) is 0 Å². The minimum absolute atomic E-state index is 0.0784. The van der Waals surface area contributed by atoms with Crippen LogP contribution in [0.1, 0.15) is 28.4 Å². The van der Waals surface area contributed by atoms with E-state index in [1.54, 1.807) is 6.92 Å². The summed E-state index contributed by atoms with van der Waals surface area (Å²) in [6, 6.07) is 21.7. The zero-order chi connectivity index (χ0) is 20.4. The molecule has 5 heteroatoms. The maximum absolute atomic E-state index is 12.4. The highest BCUT2D eigenvalue weighted by Gasteiger charge is 2.22. The first-order valence-corrected chi connectivity index (χ1v) is 10.3. The quantitative estimate of drug-likeness (QED) is 0.613. The van der Waals surface area contributed by atoms with Gasteiger partial charge in [0.05, 0.1) is 0 Å². The summed E-state index contributed by atoms with van der Waals surface area (Å²) in [4.78, 5) is 26.0. The van der Waals surface area contributed by atoms with E-state index in [2.05, 4.69) is 27.3 Å². The van der Waals surface area contributed by atoms with E-state index in [0.29, 0.717) is 12.1 Å². The zero-order valence-corrected chi connectivity index (χ0v) is 17.7. The molecule has 0 unspecified atom stereocenters. The van der Waals surface area contributed by atoms with Gasteiger partial charge in [-0.15, -0.1) is 0 Å². The van der Waals surface area contributed by atoms with Crippen LogP contribution in [-0.2, 0) is 17.8 Å². The molecule has 4 rings (SSSR count). The Balaban J connectivity index is 1.45. The molecule has 1 heterocycles. The summed E-state index contributed by atoms with van der Waals surface area (Å²) >= 11 is 3.44. The molecule has 0 aliphatic carbocycles. The van der Waals surface area contributed by atoms with Crippen LogP contribution in [0.2, 0.25) is 0 Å². The van der Waals surface area contributed by atoms with E-state index in [1.165, 1.54) is 5.56 Å². The number of hydrogen-bond donors (Lipinski definition) is 1.